The van der Waals surface area contributed by atoms with Crippen LogP contribution in [0.4, 0.5) is 5.13 Å². The number of benzene rings is 1. The smallest absolute Gasteiger partial charge is 0.257 e. The predicted octanol–water partition coefficient (Wildman–Crippen LogP) is 4.57. The number of aliphatic hydroxyl groups is 2. The Balaban J connectivity index is 1.45. The zero-order valence-electron chi connectivity index (χ0n) is 23.3. The standard InChI is InChI=1S/C30H35ClN4O5S/c1-29-10-8-23(37)30(2,16-36)22(29)14-21-26(34-28(41-21)35-27(39)17-9-11-32-24(31)12-17)19(29)13-25(38)33-15-18-6-4-5-7-20(18)40-3/h4-7,9,11-12,19,22-23,36-37H,8,10,13-16H2,1-3H3,(H,33,38)(H,34,35,39). The summed E-state index contributed by atoms with van der Waals surface area (Å²) in [6.45, 7) is 4.24. The largest absolute Gasteiger partial charge is 0.496 e. The lowest BCUT2D eigenvalue weighted by atomic mass is 9.47. The lowest BCUT2D eigenvalue weighted by Gasteiger charge is -2.58. The average molecular weight is 599 g/mol. The van der Waals surface area contributed by atoms with Crippen molar-refractivity contribution in [3.63, 3.8) is 0 Å². The van der Waals surface area contributed by atoms with Crippen LogP contribution in [-0.2, 0) is 17.8 Å². The molecular weight excluding hydrogens is 564 g/mol. The summed E-state index contributed by atoms with van der Waals surface area (Å²) in [7, 11) is 1.60. The number of carbonyl (C=O) groups excluding carboxylic acids is 2. The van der Waals surface area contributed by atoms with Crippen LogP contribution in [0.2, 0.25) is 5.15 Å². The van der Waals surface area contributed by atoms with Crippen LogP contribution in [-0.4, -0.2) is 51.8 Å². The Morgan fingerprint density at radius 1 is 1.24 bits per heavy atom. The number of nitrogens with zero attached hydrogens (tertiary/aromatic N) is 2. The summed E-state index contributed by atoms with van der Waals surface area (Å²) < 4.78 is 5.43. The topological polar surface area (TPSA) is 134 Å². The van der Waals surface area contributed by atoms with Gasteiger partial charge in [0.15, 0.2) is 5.13 Å². The molecule has 0 saturated heterocycles. The molecule has 2 heterocycles. The summed E-state index contributed by atoms with van der Waals surface area (Å²) in [4.78, 5) is 36.1. The van der Waals surface area contributed by atoms with Gasteiger partial charge in [-0.15, -0.1) is 11.3 Å². The zero-order chi connectivity index (χ0) is 29.4. The number of halogens is 1. The minimum Gasteiger partial charge on any atom is -0.496 e. The molecule has 9 nitrogen and oxygen atoms in total. The van der Waals surface area contributed by atoms with Crippen molar-refractivity contribution in [2.75, 3.05) is 19.0 Å². The number of ether oxygens (including phenoxy) is 1. The number of hydrogen-bond acceptors (Lipinski definition) is 8. The number of hydrogen-bond donors (Lipinski definition) is 4. The highest BCUT2D eigenvalue weighted by atomic mass is 35.5. The van der Waals surface area contributed by atoms with Crippen molar-refractivity contribution in [2.45, 2.75) is 58.1 Å². The molecule has 5 rings (SSSR count). The number of carbonyl (C=O) groups is 2. The molecule has 41 heavy (non-hydrogen) atoms. The van der Waals surface area contributed by atoms with E-state index in [0.29, 0.717) is 42.3 Å². The molecule has 2 aliphatic carbocycles. The Labute approximate surface area is 248 Å². The summed E-state index contributed by atoms with van der Waals surface area (Å²) in [5.74, 6) is -0.146. The second kappa shape index (κ2) is 11.7. The highest BCUT2D eigenvalue weighted by Crippen LogP contribution is 2.62. The number of thiazole rings is 1. The van der Waals surface area contributed by atoms with Gasteiger partial charge in [0.1, 0.15) is 10.9 Å². The van der Waals surface area contributed by atoms with Crippen LogP contribution in [0, 0.1) is 16.7 Å². The normalized spacial score (nSPS) is 26.9. The predicted molar refractivity (Wildman–Crippen MR) is 157 cm³/mol. The molecule has 0 aliphatic heterocycles. The van der Waals surface area contributed by atoms with Gasteiger partial charge in [0.05, 0.1) is 25.5 Å². The van der Waals surface area contributed by atoms with E-state index in [1.165, 1.54) is 23.6 Å². The van der Waals surface area contributed by atoms with Crippen LogP contribution in [0.3, 0.4) is 0 Å². The Morgan fingerprint density at radius 2 is 2.02 bits per heavy atom. The van der Waals surface area contributed by atoms with Crippen LogP contribution >= 0.6 is 22.9 Å². The monoisotopic (exact) mass is 598 g/mol. The van der Waals surface area contributed by atoms with Crippen LogP contribution in [0.1, 0.15) is 65.5 Å². The highest BCUT2D eigenvalue weighted by molar-refractivity contribution is 7.15. The molecule has 218 valence electrons. The molecule has 2 aliphatic rings. The average Bonchev–Trinajstić information content (AvgIpc) is 3.37. The first-order chi connectivity index (χ1) is 19.6. The molecule has 0 bridgehead atoms. The van der Waals surface area contributed by atoms with Gasteiger partial charge >= 0.3 is 0 Å². The van der Waals surface area contributed by atoms with Crippen LogP contribution in [0.25, 0.3) is 0 Å². The fourth-order valence-electron chi connectivity index (χ4n) is 6.71. The Hall–Kier alpha value is -3.05. The third kappa shape index (κ3) is 5.58. The molecule has 2 amide bonds. The molecule has 0 radical (unpaired) electrons. The van der Waals surface area contributed by atoms with Gasteiger partial charge in [-0.1, -0.05) is 43.6 Å². The second-order valence-electron chi connectivity index (χ2n) is 11.5. The summed E-state index contributed by atoms with van der Waals surface area (Å²) in [5.41, 5.74) is 0.889. The summed E-state index contributed by atoms with van der Waals surface area (Å²) in [6, 6.07) is 10.6. The summed E-state index contributed by atoms with van der Waals surface area (Å²) in [6.07, 6.45) is 2.80. The molecular formula is C30H35ClN4O5S. The quantitative estimate of drug-likeness (QED) is 0.279. The van der Waals surface area contributed by atoms with Crippen molar-refractivity contribution in [3.8, 4) is 5.75 Å². The molecule has 0 spiro atoms. The lowest BCUT2D eigenvalue weighted by Crippen LogP contribution is -2.57. The molecule has 4 N–H and O–H groups in total. The van der Waals surface area contributed by atoms with E-state index in [1.807, 2.05) is 31.2 Å². The summed E-state index contributed by atoms with van der Waals surface area (Å²) >= 11 is 7.34. The number of fused-ring (bicyclic) bond motifs is 2. The first kappa shape index (κ1) is 29.4. The van der Waals surface area contributed by atoms with Gasteiger partial charge in [0, 0.05) is 46.5 Å². The third-order valence-electron chi connectivity index (χ3n) is 9.16. The highest BCUT2D eigenvalue weighted by Gasteiger charge is 2.59. The fourth-order valence-corrected chi connectivity index (χ4v) is 7.95. The van der Waals surface area contributed by atoms with Crippen molar-refractivity contribution >= 4 is 39.9 Å². The van der Waals surface area contributed by atoms with Gasteiger partial charge in [-0.3, -0.25) is 14.9 Å². The maximum Gasteiger partial charge on any atom is 0.257 e. The SMILES string of the molecule is COc1ccccc1CNC(=O)CC1c2nc(NC(=O)c3ccnc(Cl)c3)sc2CC2C(C)(CO)C(O)CCC12C. The minimum atomic E-state index is -0.738. The van der Waals surface area contributed by atoms with Crippen molar-refractivity contribution in [1.29, 1.82) is 0 Å². The van der Waals surface area contributed by atoms with Crippen molar-refractivity contribution < 1.29 is 24.5 Å². The van der Waals surface area contributed by atoms with E-state index in [0.717, 1.165) is 16.1 Å². The molecule has 2 aromatic heterocycles. The van der Waals surface area contributed by atoms with Crippen molar-refractivity contribution in [2.24, 2.45) is 16.7 Å². The molecule has 3 aromatic rings. The number of aromatic nitrogens is 2. The van der Waals surface area contributed by atoms with Gasteiger partial charge in [0.2, 0.25) is 5.91 Å². The first-order valence-electron chi connectivity index (χ1n) is 13.7. The third-order valence-corrected chi connectivity index (χ3v) is 10.4. The van der Waals surface area contributed by atoms with E-state index in [4.69, 9.17) is 21.3 Å². The number of methoxy groups -OCH3 is 1. The van der Waals surface area contributed by atoms with Crippen LogP contribution in [0.5, 0.6) is 5.75 Å². The van der Waals surface area contributed by atoms with E-state index in [-0.39, 0.29) is 41.8 Å². The number of pyridine rings is 1. The molecule has 1 fully saturated rings. The van der Waals surface area contributed by atoms with Gasteiger partial charge in [0.25, 0.3) is 5.91 Å². The molecule has 11 heteroatoms. The molecule has 1 saturated carbocycles. The van der Waals surface area contributed by atoms with Crippen molar-refractivity contribution in [3.05, 3.63) is 69.4 Å². The van der Waals surface area contributed by atoms with Gasteiger partial charge < -0.3 is 20.3 Å². The lowest BCUT2D eigenvalue weighted by molar-refractivity contribution is -0.144. The second-order valence-corrected chi connectivity index (χ2v) is 12.9. The maximum absolute atomic E-state index is 13.4. The Kier molecular flexibility index (Phi) is 8.39. The number of para-hydroxylation sites is 1. The zero-order valence-corrected chi connectivity index (χ0v) is 24.9. The fraction of sp³-hybridized carbons (Fsp3) is 0.467. The number of anilines is 1. The number of aliphatic hydroxyl groups excluding tert-OH is 2. The van der Waals surface area contributed by atoms with Crippen LogP contribution in [0.15, 0.2) is 42.6 Å². The first-order valence-corrected chi connectivity index (χ1v) is 14.9. The minimum absolute atomic E-state index is 0.0914. The molecule has 5 unspecified atom stereocenters. The van der Waals surface area contributed by atoms with Crippen molar-refractivity contribution in [1.82, 2.24) is 15.3 Å². The van der Waals surface area contributed by atoms with E-state index in [9.17, 15) is 19.8 Å². The van der Waals surface area contributed by atoms with E-state index in [2.05, 4.69) is 22.5 Å². The van der Waals surface area contributed by atoms with Gasteiger partial charge in [-0.2, -0.15) is 0 Å². The maximum atomic E-state index is 13.4. The van der Waals surface area contributed by atoms with Crippen LogP contribution < -0.4 is 15.4 Å². The van der Waals surface area contributed by atoms with Gasteiger partial charge in [-0.25, -0.2) is 9.97 Å². The van der Waals surface area contributed by atoms with E-state index in [1.54, 1.807) is 13.2 Å². The van der Waals surface area contributed by atoms with E-state index < -0.39 is 16.9 Å². The van der Waals surface area contributed by atoms with E-state index >= 15 is 0 Å². The Morgan fingerprint density at radius 3 is 2.76 bits per heavy atom. The number of amides is 2. The molecule has 5 atom stereocenters. The Bertz CT molecular complexity index is 1450. The molecule has 1 aromatic carbocycles. The summed E-state index contributed by atoms with van der Waals surface area (Å²) in [5, 5.41) is 28.1. The van der Waals surface area contributed by atoms with Gasteiger partial charge in [-0.05, 0) is 48.8 Å². The number of nitrogens with one attached hydrogen (secondary N) is 2. The number of rotatable bonds is 8.